The van der Waals surface area contributed by atoms with Crippen molar-refractivity contribution in [3.8, 4) is 0 Å². The second kappa shape index (κ2) is 6.25. The fourth-order valence-electron chi connectivity index (χ4n) is 2.25. The van der Waals surface area contributed by atoms with Gasteiger partial charge in [-0.1, -0.05) is 36.4 Å². The molecule has 2 rings (SSSR count). The van der Waals surface area contributed by atoms with Gasteiger partial charge in [0.15, 0.2) is 0 Å². The van der Waals surface area contributed by atoms with Crippen LogP contribution in [0.25, 0.3) is 0 Å². The molecule has 0 saturated carbocycles. The summed E-state index contributed by atoms with van der Waals surface area (Å²) in [6, 6.07) is 17.3. The van der Waals surface area contributed by atoms with Crippen molar-refractivity contribution in [1.29, 1.82) is 0 Å². The lowest BCUT2D eigenvalue weighted by Gasteiger charge is -2.08. The van der Waals surface area contributed by atoms with Crippen LogP contribution in [0.15, 0.2) is 48.5 Å². The van der Waals surface area contributed by atoms with Gasteiger partial charge in [0.2, 0.25) is 0 Å². The molecule has 0 aromatic heterocycles. The molecule has 1 N–H and O–H groups in total. The maximum atomic E-state index is 3.50. The monoisotopic (exact) mass is 239 g/mol. The molecule has 0 aliphatic heterocycles. The van der Waals surface area contributed by atoms with Crippen LogP contribution in [0.5, 0.6) is 0 Å². The van der Waals surface area contributed by atoms with E-state index in [-0.39, 0.29) is 0 Å². The lowest BCUT2D eigenvalue weighted by molar-refractivity contribution is 0.863. The number of hydrogen-bond donors (Lipinski definition) is 1. The van der Waals surface area contributed by atoms with Crippen molar-refractivity contribution in [3.63, 3.8) is 0 Å². The van der Waals surface area contributed by atoms with Gasteiger partial charge < -0.3 is 5.32 Å². The highest BCUT2D eigenvalue weighted by Gasteiger charge is 1.96. The van der Waals surface area contributed by atoms with Crippen LogP contribution in [0.2, 0.25) is 0 Å². The summed E-state index contributed by atoms with van der Waals surface area (Å²) in [5, 5.41) is 3.50. The Balaban J connectivity index is 1.78. The first-order valence-electron chi connectivity index (χ1n) is 6.60. The van der Waals surface area contributed by atoms with E-state index in [0.717, 1.165) is 19.4 Å². The summed E-state index contributed by atoms with van der Waals surface area (Å²) >= 11 is 0. The predicted molar refractivity (Wildman–Crippen MR) is 79.2 cm³/mol. The van der Waals surface area contributed by atoms with Crippen LogP contribution in [-0.4, -0.2) is 6.54 Å². The zero-order valence-corrected chi connectivity index (χ0v) is 11.2. The molecule has 0 unspecified atom stereocenters. The van der Waals surface area contributed by atoms with E-state index >= 15 is 0 Å². The van der Waals surface area contributed by atoms with Crippen molar-refractivity contribution < 1.29 is 0 Å². The number of hydrogen-bond acceptors (Lipinski definition) is 1. The molecular formula is C17H21N. The van der Waals surface area contributed by atoms with Crippen molar-refractivity contribution in [1.82, 2.24) is 0 Å². The number of aryl methyl sites for hydroxylation is 3. The summed E-state index contributed by atoms with van der Waals surface area (Å²) in [5.74, 6) is 0. The van der Waals surface area contributed by atoms with E-state index in [2.05, 4.69) is 67.7 Å². The fourth-order valence-corrected chi connectivity index (χ4v) is 2.25. The van der Waals surface area contributed by atoms with E-state index in [1.54, 1.807) is 0 Å². The first-order chi connectivity index (χ1) is 8.74. The van der Waals surface area contributed by atoms with Gasteiger partial charge in [0.1, 0.15) is 0 Å². The summed E-state index contributed by atoms with van der Waals surface area (Å²) in [4.78, 5) is 0. The summed E-state index contributed by atoms with van der Waals surface area (Å²) in [6.07, 6.45) is 2.30. The third-order valence-electron chi connectivity index (χ3n) is 3.04. The van der Waals surface area contributed by atoms with Gasteiger partial charge in [0, 0.05) is 12.2 Å². The molecule has 1 heteroatoms. The number of nitrogens with one attached hydrogen (secondary N) is 1. The van der Waals surface area contributed by atoms with Gasteiger partial charge in [-0.3, -0.25) is 0 Å². The maximum Gasteiger partial charge on any atom is 0.0345 e. The highest BCUT2D eigenvalue weighted by atomic mass is 14.9. The van der Waals surface area contributed by atoms with Crippen LogP contribution in [0.1, 0.15) is 23.1 Å². The molecular weight excluding hydrogens is 218 g/mol. The minimum atomic E-state index is 1.03. The smallest absolute Gasteiger partial charge is 0.0345 e. The van der Waals surface area contributed by atoms with E-state index in [9.17, 15) is 0 Å². The van der Waals surface area contributed by atoms with Gasteiger partial charge in [-0.15, -0.1) is 0 Å². The topological polar surface area (TPSA) is 12.0 Å². The van der Waals surface area contributed by atoms with Gasteiger partial charge in [0.05, 0.1) is 0 Å². The molecule has 0 bridgehead atoms. The summed E-state index contributed by atoms with van der Waals surface area (Å²) < 4.78 is 0. The molecule has 0 aliphatic carbocycles. The van der Waals surface area contributed by atoms with E-state index < -0.39 is 0 Å². The molecule has 2 aromatic carbocycles. The van der Waals surface area contributed by atoms with Crippen LogP contribution < -0.4 is 5.32 Å². The van der Waals surface area contributed by atoms with Crippen molar-refractivity contribution in [2.45, 2.75) is 26.7 Å². The Labute approximate surface area is 110 Å². The third kappa shape index (κ3) is 3.92. The minimum absolute atomic E-state index is 1.03. The molecule has 94 valence electrons. The van der Waals surface area contributed by atoms with Gasteiger partial charge in [0.25, 0.3) is 0 Å². The molecule has 0 atom stereocenters. The largest absolute Gasteiger partial charge is 0.385 e. The summed E-state index contributed by atoms with van der Waals surface area (Å²) in [7, 11) is 0. The molecule has 18 heavy (non-hydrogen) atoms. The van der Waals surface area contributed by atoms with Crippen molar-refractivity contribution in [2.75, 3.05) is 11.9 Å². The summed E-state index contributed by atoms with van der Waals surface area (Å²) in [5.41, 5.74) is 5.29. The Morgan fingerprint density at radius 1 is 0.889 bits per heavy atom. The van der Waals surface area contributed by atoms with Crippen molar-refractivity contribution >= 4 is 5.69 Å². The molecule has 0 fully saturated rings. The normalized spacial score (nSPS) is 10.3. The van der Waals surface area contributed by atoms with Crippen LogP contribution in [-0.2, 0) is 6.42 Å². The Bertz CT molecular complexity index is 468. The Morgan fingerprint density at radius 2 is 1.56 bits per heavy atom. The van der Waals surface area contributed by atoms with Gasteiger partial charge in [-0.25, -0.2) is 0 Å². The SMILES string of the molecule is Cc1cc(C)cc(NCCCc2ccccc2)c1. The highest BCUT2D eigenvalue weighted by molar-refractivity contribution is 5.48. The fraction of sp³-hybridized carbons (Fsp3) is 0.294. The quantitative estimate of drug-likeness (QED) is 0.765. The minimum Gasteiger partial charge on any atom is -0.385 e. The molecule has 0 aliphatic rings. The highest BCUT2D eigenvalue weighted by Crippen LogP contribution is 2.13. The number of rotatable bonds is 5. The molecule has 0 radical (unpaired) electrons. The number of benzene rings is 2. The average Bonchev–Trinajstić information content (AvgIpc) is 2.35. The van der Waals surface area contributed by atoms with Crippen LogP contribution in [0.4, 0.5) is 5.69 Å². The van der Waals surface area contributed by atoms with E-state index in [4.69, 9.17) is 0 Å². The van der Waals surface area contributed by atoms with Crippen LogP contribution >= 0.6 is 0 Å². The zero-order valence-electron chi connectivity index (χ0n) is 11.2. The first kappa shape index (κ1) is 12.7. The van der Waals surface area contributed by atoms with E-state index in [1.807, 2.05) is 0 Å². The molecule has 1 nitrogen and oxygen atoms in total. The standard InChI is InChI=1S/C17H21N/c1-14-11-15(2)13-17(12-14)18-10-6-9-16-7-4-3-5-8-16/h3-5,7-8,11-13,18H,6,9-10H2,1-2H3. The Morgan fingerprint density at radius 3 is 2.22 bits per heavy atom. The Kier molecular flexibility index (Phi) is 4.40. The molecule has 0 saturated heterocycles. The van der Waals surface area contributed by atoms with Gasteiger partial charge >= 0.3 is 0 Å². The first-order valence-corrected chi connectivity index (χ1v) is 6.60. The van der Waals surface area contributed by atoms with Crippen molar-refractivity contribution in [3.05, 3.63) is 65.2 Å². The van der Waals surface area contributed by atoms with Gasteiger partial charge in [-0.05, 0) is 55.5 Å². The lowest BCUT2D eigenvalue weighted by atomic mass is 10.1. The van der Waals surface area contributed by atoms with Crippen molar-refractivity contribution in [2.24, 2.45) is 0 Å². The van der Waals surface area contributed by atoms with Crippen LogP contribution in [0.3, 0.4) is 0 Å². The molecule has 0 heterocycles. The second-order valence-corrected chi connectivity index (χ2v) is 4.89. The van der Waals surface area contributed by atoms with Gasteiger partial charge in [-0.2, -0.15) is 0 Å². The second-order valence-electron chi connectivity index (χ2n) is 4.89. The number of anilines is 1. The molecule has 0 amide bonds. The predicted octanol–water partition coefficient (Wildman–Crippen LogP) is 4.35. The molecule has 0 spiro atoms. The lowest BCUT2D eigenvalue weighted by Crippen LogP contribution is -2.03. The third-order valence-corrected chi connectivity index (χ3v) is 3.04. The average molecular weight is 239 g/mol. The Hall–Kier alpha value is -1.76. The van der Waals surface area contributed by atoms with E-state index in [0.29, 0.717) is 0 Å². The molecule has 2 aromatic rings. The zero-order chi connectivity index (χ0) is 12.8. The maximum absolute atomic E-state index is 3.50. The van der Waals surface area contributed by atoms with E-state index in [1.165, 1.54) is 22.4 Å². The van der Waals surface area contributed by atoms with Crippen LogP contribution in [0, 0.1) is 13.8 Å². The summed E-state index contributed by atoms with van der Waals surface area (Å²) in [6.45, 7) is 5.31.